The smallest absolute Gasteiger partial charge is 0.335 e. The van der Waals surface area contributed by atoms with Gasteiger partial charge in [0.25, 0.3) is 0 Å². The molecule has 214 valence electrons. The minimum Gasteiger partial charge on any atom is -0.457 e. The van der Waals surface area contributed by atoms with E-state index in [4.69, 9.17) is 10.5 Å². The average molecular weight is 555 g/mol. The maximum absolute atomic E-state index is 14.0. The van der Waals surface area contributed by atoms with Crippen molar-refractivity contribution in [3.05, 3.63) is 71.4 Å². The Labute approximate surface area is 239 Å². The molecule has 0 saturated carbocycles. The summed E-state index contributed by atoms with van der Waals surface area (Å²) in [5.41, 5.74) is 8.08. The number of ether oxygens (including phenoxy) is 1. The molecule has 3 N–H and O–H groups in total. The van der Waals surface area contributed by atoms with Crippen molar-refractivity contribution in [3.8, 4) is 17.2 Å². The number of nitrogens with two attached hydrogens (primary N) is 1. The van der Waals surface area contributed by atoms with E-state index in [0.29, 0.717) is 28.4 Å². The van der Waals surface area contributed by atoms with E-state index in [1.165, 1.54) is 32.3 Å². The summed E-state index contributed by atoms with van der Waals surface area (Å²) in [7, 11) is 0. The van der Waals surface area contributed by atoms with Crippen LogP contribution in [0.3, 0.4) is 0 Å². The highest BCUT2D eigenvalue weighted by atomic mass is 16.5. The zero-order chi connectivity index (χ0) is 27.8. The number of benzene rings is 2. The van der Waals surface area contributed by atoms with Gasteiger partial charge in [0, 0.05) is 44.8 Å². The zero-order valence-electron chi connectivity index (χ0n) is 23.4. The lowest BCUT2D eigenvalue weighted by molar-refractivity contribution is 0.0139. The molecule has 0 bridgehead atoms. The molecule has 4 aromatic rings. The van der Waals surface area contributed by atoms with Gasteiger partial charge in [0.2, 0.25) is 0 Å². The van der Waals surface area contributed by atoms with E-state index >= 15 is 0 Å². The number of anilines is 1. The van der Waals surface area contributed by atoms with E-state index in [2.05, 4.69) is 25.1 Å². The molecule has 0 radical (unpaired) electrons. The van der Waals surface area contributed by atoms with Crippen molar-refractivity contribution in [2.24, 2.45) is 5.92 Å². The lowest BCUT2D eigenvalue weighted by Gasteiger charge is -2.47. The van der Waals surface area contributed by atoms with Crippen LogP contribution in [0.25, 0.3) is 16.9 Å². The monoisotopic (exact) mass is 554 g/mol. The molecule has 5 heterocycles. The SMILES string of the molecule is Nc1ncnc2c1n(-c1ccc(Oc3ccccc3)cc1)c(=O)n2C1CCN(CC2CN(C3CCNCC3)C2)CC1. The van der Waals surface area contributed by atoms with E-state index < -0.39 is 0 Å². The molecule has 0 unspecified atom stereocenters. The van der Waals surface area contributed by atoms with Crippen LogP contribution in [0.4, 0.5) is 5.82 Å². The third kappa shape index (κ3) is 5.23. The lowest BCUT2D eigenvalue weighted by Crippen LogP contribution is -2.57. The van der Waals surface area contributed by atoms with Gasteiger partial charge in [-0.15, -0.1) is 0 Å². The van der Waals surface area contributed by atoms with Crippen molar-refractivity contribution in [3.63, 3.8) is 0 Å². The van der Waals surface area contributed by atoms with Gasteiger partial charge in [0.1, 0.15) is 23.3 Å². The van der Waals surface area contributed by atoms with Gasteiger partial charge in [-0.05, 0) is 81.1 Å². The van der Waals surface area contributed by atoms with Gasteiger partial charge in [-0.1, -0.05) is 18.2 Å². The Morgan fingerprint density at radius 2 is 1.59 bits per heavy atom. The summed E-state index contributed by atoms with van der Waals surface area (Å²) in [5.74, 6) is 2.51. The van der Waals surface area contributed by atoms with Crippen LogP contribution in [-0.4, -0.2) is 80.8 Å². The third-order valence-electron chi connectivity index (χ3n) is 9.00. The Morgan fingerprint density at radius 3 is 2.32 bits per heavy atom. The van der Waals surface area contributed by atoms with E-state index in [1.807, 2.05) is 59.2 Å². The summed E-state index contributed by atoms with van der Waals surface area (Å²) in [6.07, 6.45) is 5.84. The van der Waals surface area contributed by atoms with Gasteiger partial charge >= 0.3 is 5.69 Å². The summed E-state index contributed by atoms with van der Waals surface area (Å²) in [4.78, 5) is 28.0. The first-order chi connectivity index (χ1) is 20.1. The molecule has 2 aromatic carbocycles. The second kappa shape index (κ2) is 11.3. The van der Waals surface area contributed by atoms with E-state index in [0.717, 1.165) is 63.3 Å². The molecule has 7 rings (SSSR count). The third-order valence-corrected chi connectivity index (χ3v) is 9.00. The Hall–Kier alpha value is -3.73. The maximum Gasteiger partial charge on any atom is 0.335 e. The van der Waals surface area contributed by atoms with Crippen molar-refractivity contribution in [2.75, 3.05) is 51.5 Å². The first-order valence-electron chi connectivity index (χ1n) is 14.9. The van der Waals surface area contributed by atoms with Crippen molar-refractivity contribution in [1.29, 1.82) is 0 Å². The molecular weight excluding hydrogens is 516 g/mol. The Bertz CT molecular complexity index is 1530. The van der Waals surface area contributed by atoms with E-state index in [-0.39, 0.29) is 11.7 Å². The van der Waals surface area contributed by atoms with Crippen LogP contribution in [0.2, 0.25) is 0 Å². The Morgan fingerprint density at radius 1 is 0.878 bits per heavy atom. The van der Waals surface area contributed by atoms with Crippen LogP contribution in [0.5, 0.6) is 11.5 Å². The highest BCUT2D eigenvalue weighted by Crippen LogP contribution is 2.30. The van der Waals surface area contributed by atoms with Crippen molar-refractivity contribution < 1.29 is 4.74 Å². The number of aromatic nitrogens is 4. The number of piperidine rings is 2. The number of likely N-dealkylation sites (tertiary alicyclic amines) is 2. The summed E-state index contributed by atoms with van der Waals surface area (Å²) in [5, 5.41) is 3.47. The van der Waals surface area contributed by atoms with Gasteiger partial charge in [-0.2, -0.15) is 0 Å². The fraction of sp³-hybridized carbons (Fsp3) is 0.452. The van der Waals surface area contributed by atoms with Crippen molar-refractivity contribution in [1.82, 2.24) is 34.2 Å². The molecule has 2 aromatic heterocycles. The largest absolute Gasteiger partial charge is 0.457 e. The number of nitrogens with zero attached hydrogens (tertiary/aromatic N) is 6. The summed E-state index contributed by atoms with van der Waals surface area (Å²) < 4.78 is 9.44. The molecule has 3 aliphatic heterocycles. The second-order valence-corrected chi connectivity index (χ2v) is 11.7. The molecule has 41 heavy (non-hydrogen) atoms. The molecule has 3 fully saturated rings. The molecule has 0 atom stereocenters. The van der Waals surface area contributed by atoms with Gasteiger partial charge in [-0.3, -0.25) is 14.0 Å². The maximum atomic E-state index is 14.0. The number of rotatable bonds is 7. The molecule has 3 aliphatic rings. The van der Waals surface area contributed by atoms with Gasteiger partial charge < -0.3 is 20.7 Å². The van der Waals surface area contributed by atoms with E-state index in [9.17, 15) is 4.79 Å². The first kappa shape index (κ1) is 26.2. The van der Waals surface area contributed by atoms with Crippen LogP contribution in [-0.2, 0) is 0 Å². The standard InChI is InChI=1S/C31H38N8O2/c32-29-28-30(35-21-34-29)39(31(40)38(28)24-6-8-27(9-7-24)41-26-4-2-1-3-5-26)25-12-16-36(17-13-25)18-22-19-37(20-22)23-10-14-33-15-11-23/h1-9,21-23,25,33H,10-20H2,(H2,32,34,35). The first-order valence-corrected chi connectivity index (χ1v) is 14.9. The summed E-state index contributed by atoms with van der Waals surface area (Å²) >= 11 is 0. The Balaban J connectivity index is 1.06. The number of para-hydroxylation sites is 1. The minimum atomic E-state index is -0.126. The van der Waals surface area contributed by atoms with Crippen molar-refractivity contribution >= 4 is 17.0 Å². The fourth-order valence-electron chi connectivity index (χ4n) is 6.84. The van der Waals surface area contributed by atoms with Gasteiger partial charge in [0.05, 0.1) is 5.69 Å². The lowest BCUT2D eigenvalue weighted by atomic mass is 9.92. The van der Waals surface area contributed by atoms with Crippen LogP contribution < -0.4 is 21.5 Å². The Kier molecular flexibility index (Phi) is 7.20. The molecule has 10 heteroatoms. The molecule has 0 amide bonds. The quantitative estimate of drug-likeness (QED) is 0.359. The normalized spacial score (nSPS) is 19.9. The van der Waals surface area contributed by atoms with Crippen LogP contribution >= 0.6 is 0 Å². The second-order valence-electron chi connectivity index (χ2n) is 11.7. The van der Waals surface area contributed by atoms with Crippen LogP contribution in [0.1, 0.15) is 31.7 Å². The number of hydrogen-bond donors (Lipinski definition) is 2. The van der Waals surface area contributed by atoms with Crippen LogP contribution in [0.15, 0.2) is 65.7 Å². The minimum absolute atomic E-state index is 0.0742. The predicted octanol–water partition coefficient (Wildman–Crippen LogP) is 3.28. The topological polar surface area (TPSA) is 106 Å². The summed E-state index contributed by atoms with van der Waals surface area (Å²) in [6.45, 7) is 7.88. The fourth-order valence-corrected chi connectivity index (χ4v) is 6.84. The molecule has 0 spiro atoms. The predicted molar refractivity (Wildman–Crippen MR) is 160 cm³/mol. The van der Waals surface area contributed by atoms with Gasteiger partial charge in [0.15, 0.2) is 11.5 Å². The van der Waals surface area contributed by atoms with Crippen LogP contribution in [0, 0.1) is 5.92 Å². The number of imidazole rings is 1. The highest BCUT2D eigenvalue weighted by Gasteiger charge is 2.35. The molecular formula is C31H38N8O2. The molecule has 0 aliphatic carbocycles. The summed E-state index contributed by atoms with van der Waals surface area (Å²) in [6, 6.07) is 18.0. The van der Waals surface area contributed by atoms with Crippen molar-refractivity contribution in [2.45, 2.75) is 37.8 Å². The van der Waals surface area contributed by atoms with E-state index in [1.54, 1.807) is 4.57 Å². The number of nitrogen functional groups attached to an aromatic ring is 1. The molecule has 3 saturated heterocycles. The molecule has 10 nitrogen and oxygen atoms in total. The van der Waals surface area contributed by atoms with Gasteiger partial charge in [-0.25, -0.2) is 14.8 Å². The number of hydrogen-bond acceptors (Lipinski definition) is 8. The number of nitrogens with one attached hydrogen (secondary N) is 1. The highest BCUT2D eigenvalue weighted by molar-refractivity contribution is 5.84. The number of fused-ring (bicyclic) bond motifs is 1. The zero-order valence-corrected chi connectivity index (χ0v) is 23.4. The average Bonchev–Trinajstić information content (AvgIpc) is 3.29.